The minimum absolute atomic E-state index is 0.552. The Bertz CT molecular complexity index is 3920. The zero-order chi connectivity index (χ0) is 41.4. The summed E-state index contributed by atoms with van der Waals surface area (Å²) >= 11 is 0. The molecule has 0 bridgehead atoms. The molecule has 0 aliphatic rings. The summed E-state index contributed by atoms with van der Waals surface area (Å²) in [5.41, 5.74) is 13.7. The van der Waals surface area contributed by atoms with E-state index in [0.29, 0.717) is 17.5 Å². The minimum Gasteiger partial charge on any atom is -0.456 e. The quantitative estimate of drug-likeness (QED) is 0.167. The topological polar surface area (TPSA) is 69.9 Å². The predicted molar refractivity (Wildman–Crippen MR) is 256 cm³/mol. The number of rotatable bonds is 6. The summed E-state index contributed by atoms with van der Waals surface area (Å²) in [4.78, 5) is 15.3. The molecular weight excluding hydrogens is 773 g/mol. The van der Waals surface area contributed by atoms with E-state index < -0.39 is 0 Å². The number of hydrogen-bond acceptors (Lipinski definition) is 5. The molecule has 13 aromatic rings. The van der Waals surface area contributed by atoms with E-state index in [2.05, 4.69) is 174 Å². The van der Waals surface area contributed by atoms with Gasteiger partial charge < -0.3 is 13.4 Å². The smallest absolute Gasteiger partial charge is 0.164 e. The molecule has 4 heterocycles. The largest absolute Gasteiger partial charge is 0.456 e. The molecule has 0 fully saturated rings. The van der Waals surface area contributed by atoms with Gasteiger partial charge in [0, 0.05) is 54.7 Å². The van der Waals surface area contributed by atoms with Crippen molar-refractivity contribution in [1.29, 1.82) is 0 Å². The third-order valence-electron chi connectivity index (χ3n) is 12.3. The van der Waals surface area contributed by atoms with Crippen LogP contribution in [0.4, 0.5) is 0 Å². The molecule has 13 rings (SSSR count). The standard InChI is InChI=1S/C57H34N4O2/c1-3-12-35(13-4-1)36-14-11-15-39(30-36)55-58-56(40-23-27-45-44-19-8-10-21-51(44)62-53(45)33-40)60-57(59-55)41-24-28-47-46-26-22-38(32-52(46)63-54(47)34-41)37-25-29-50-48(31-37)43-18-7-9-20-49(43)61(50)42-16-5-2-6-17-42/h1-34H. The molecule has 0 saturated heterocycles. The van der Waals surface area contributed by atoms with Crippen LogP contribution >= 0.6 is 0 Å². The van der Waals surface area contributed by atoms with Crippen molar-refractivity contribution in [3.8, 4) is 62.1 Å². The molecule has 0 amide bonds. The zero-order valence-electron chi connectivity index (χ0n) is 33.7. The van der Waals surface area contributed by atoms with Crippen LogP contribution in [0.5, 0.6) is 0 Å². The number of fused-ring (bicyclic) bond motifs is 9. The highest BCUT2D eigenvalue weighted by Crippen LogP contribution is 2.39. The minimum atomic E-state index is 0.552. The van der Waals surface area contributed by atoms with Gasteiger partial charge in [0.15, 0.2) is 17.5 Å². The highest BCUT2D eigenvalue weighted by Gasteiger charge is 2.18. The van der Waals surface area contributed by atoms with Crippen LogP contribution in [0.3, 0.4) is 0 Å². The summed E-state index contributed by atoms with van der Waals surface area (Å²) in [6.07, 6.45) is 0. The monoisotopic (exact) mass is 806 g/mol. The maximum absolute atomic E-state index is 6.68. The molecule has 0 N–H and O–H groups in total. The molecule has 4 aromatic heterocycles. The van der Waals surface area contributed by atoms with Crippen molar-refractivity contribution in [3.05, 3.63) is 206 Å². The molecular formula is C57H34N4O2. The van der Waals surface area contributed by atoms with Gasteiger partial charge in [0.2, 0.25) is 0 Å². The van der Waals surface area contributed by atoms with E-state index in [1.807, 2.05) is 36.4 Å². The first-order valence-corrected chi connectivity index (χ1v) is 21.1. The van der Waals surface area contributed by atoms with Gasteiger partial charge in [0.05, 0.1) is 11.0 Å². The molecule has 0 aliphatic carbocycles. The Labute approximate surface area is 361 Å². The number of nitrogens with zero attached hydrogens (tertiary/aromatic N) is 4. The maximum Gasteiger partial charge on any atom is 0.164 e. The van der Waals surface area contributed by atoms with Gasteiger partial charge in [-0.15, -0.1) is 0 Å². The van der Waals surface area contributed by atoms with Gasteiger partial charge in [-0.3, -0.25) is 0 Å². The van der Waals surface area contributed by atoms with Crippen molar-refractivity contribution >= 4 is 65.7 Å². The Hall–Kier alpha value is -8.61. The first kappa shape index (κ1) is 35.2. The Balaban J connectivity index is 0.920. The third kappa shape index (κ3) is 5.84. The van der Waals surface area contributed by atoms with Gasteiger partial charge in [-0.1, -0.05) is 127 Å². The highest BCUT2D eigenvalue weighted by atomic mass is 16.3. The van der Waals surface area contributed by atoms with Gasteiger partial charge in [0.25, 0.3) is 0 Å². The van der Waals surface area contributed by atoms with Crippen LogP contribution < -0.4 is 0 Å². The van der Waals surface area contributed by atoms with E-state index in [4.69, 9.17) is 23.8 Å². The predicted octanol–water partition coefficient (Wildman–Crippen LogP) is 15.1. The Kier molecular flexibility index (Phi) is 7.80. The lowest BCUT2D eigenvalue weighted by atomic mass is 10.0. The van der Waals surface area contributed by atoms with E-state index in [1.54, 1.807) is 0 Å². The zero-order valence-corrected chi connectivity index (χ0v) is 33.7. The molecule has 6 heteroatoms. The van der Waals surface area contributed by atoms with Gasteiger partial charge in [-0.2, -0.15) is 0 Å². The van der Waals surface area contributed by atoms with Crippen LogP contribution in [0.1, 0.15) is 0 Å². The molecule has 294 valence electrons. The fourth-order valence-electron chi connectivity index (χ4n) is 9.20. The lowest BCUT2D eigenvalue weighted by Crippen LogP contribution is -2.00. The fraction of sp³-hybridized carbons (Fsp3) is 0. The van der Waals surface area contributed by atoms with E-state index in [9.17, 15) is 0 Å². The van der Waals surface area contributed by atoms with E-state index in [0.717, 1.165) is 88.5 Å². The average Bonchev–Trinajstić information content (AvgIpc) is 4.03. The van der Waals surface area contributed by atoms with Crippen molar-refractivity contribution in [3.63, 3.8) is 0 Å². The second kappa shape index (κ2) is 14.0. The fourth-order valence-corrected chi connectivity index (χ4v) is 9.20. The van der Waals surface area contributed by atoms with E-state index >= 15 is 0 Å². The van der Waals surface area contributed by atoms with E-state index in [1.165, 1.54) is 21.8 Å². The number of hydrogen-bond donors (Lipinski definition) is 0. The molecule has 0 unspecified atom stereocenters. The van der Waals surface area contributed by atoms with Crippen molar-refractivity contribution in [2.75, 3.05) is 0 Å². The van der Waals surface area contributed by atoms with Crippen LogP contribution in [-0.4, -0.2) is 19.5 Å². The van der Waals surface area contributed by atoms with Gasteiger partial charge in [-0.05, 0) is 101 Å². The van der Waals surface area contributed by atoms with Crippen LogP contribution in [0.2, 0.25) is 0 Å². The van der Waals surface area contributed by atoms with E-state index in [-0.39, 0.29) is 0 Å². The summed E-state index contributed by atoms with van der Waals surface area (Å²) in [6, 6.07) is 71.7. The van der Waals surface area contributed by atoms with Crippen molar-refractivity contribution in [1.82, 2.24) is 19.5 Å². The van der Waals surface area contributed by atoms with Crippen LogP contribution in [0.25, 0.3) is 128 Å². The molecule has 6 nitrogen and oxygen atoms in total. The highest BCUT2D eigenvalue weighted by molar-refractivity contribution is 6.11. The molecule has 63 heavy (non-hydrogen) atoms. The molecule has 0 aliphatic heterocycles. The first-order chi connectivity index (χ1) is 31.2. The first-order valence-electron chi connectivity index (χ1n) is 21.1. The van der Waals surface area contributed by atoms with Crippen LogP contribution in [0.15, 0.2) is 215 Å². The summed E-state index contributed by atoms with van der Waals surface area (Å²) in [5.74, 6) is 1.69. The normalized spacial score (nSPS) is 11.8. The number of furan rings is 2. The lowest BCUT2D eigenvalue weighted by molar-refractivity contribution is 0.669. The second-order valence-corrected chi connectivity index (χ2v) is 16.0. The van der Waals surface area contributed by atoms with Crippen molar-refractivity contribution < 1.29 is 8.83 Å². The van der Waals surface area contributed by atoms with Crippen LogP contribution in [0, 0.1) is 0 Å². The molecule has 0 atom stereocenters. The summed E-state index contributed by atoms with van der Waals surface area (Å²) < 4.78 is 15.3. The van der Waals surface area contributed by atoms with Crippen molar-refractivity contribution in [2.45, 2.75) is 0 Å². The number of benzene rings is 9. The molecule has 9 aromatic carbocycles. The molecule has 0 spiro atoms. The van der Waals surface area contributed by atoms with Crippen molar-refractivity contribution in [2.24, 2.45) is 0 Å². The summed E-state index contributed by atoms with van der Waals surface area (Å²) in [6.45, 7) is 0. The lowest BCUT2D eigenvalue weighted by Gasteiger charge is -2.10. The summed E-state index contributed by atoms with van der Waals surface area (Å²) in [5, 5.41) is 6.64. The third-order valence-corrected chi connectivity index (χ3v) is 12.3. The number of para-hydroxylation sites is 3. The number of aromatic nitrogens is 4. The Morgan fingerprint density at radius 3 is 1.41 bits per heavy atom. The van der Waals surface area contributed by atoms with Gasteiger partial charge >= 0.3 is 0 Å². The van der Waals surface area contributed by atoms with Crippen LogP contribution in [-0.2, 0) is 0 Å². The molecule has 0 radical (unpaired) electrons. The maximum atomic E-state index is 6.68. The second-order valence-electron chi connectivity index (χ2n) is 16.0. The Morgan fingerprint density at radius 1 is 0.270 bits per heavy atom. The summed E-state index contributed by atoms with van der Waals surface area (Å²) in [7, 11) is 0. The Morgan fingerprint density at radius 2 is 0.714 bits per heavy atom. The van der Waals surface area contributed by atoms with Gasteiger partial charge in [0.1, 0.15) is 22.3 Å². The SMILES string of the molecule is c1ccc(-c2cccc(-c3nc(-c4ccc5c(c4)oc4ccccc45)nc(-c4ccc5c(c4)oc4cc(-c6ccc7c(c6)c6ccccc6n7-c6ccccc6)ccc45)n3)c2)cc1. The molecule has 0 saturated carbocycles. The van der Waals surface area contributed by atoms with Gasteiger partial charge in [-0.25, -0.2) is 15.0 Å². The average molecular weight is 807 g/mol.